The molecule has 4 rings (SSSR count). The van der Waals surface area contributed by atoms with Gasteiger partial charge in [0.15, 0.2) is 0 Å². The van der Waals surface area contributed by atoms with E-state index in [1.54, 1.807) is 6.92 Å². The molecule has 2 amide bonds. The summed E-state index contributed by atoms with van der Waals surface area (Å²) in [5.41, 5.74) is 4.30. The Labute approximate surface area is 185 Å². The Morgan fingerprint density at radius 2 is 1.69 bits per heavy atom. The van der Waals surface area contributed by atoms with E-state index in [2.05, 4.69) is 5.32 Å². The fourth-order valence-electron chi connectivity index (χ4n) is 4.67. The lowest BCUT2D eigenvalue weighted by Gasteiger charge is -2.26. The van der Waals surface area contributed by atoms with Gasteiger partial charge in [-0.2, -0.15) is 0 Å². The molecule has 32 heavy (non-hydrogen) atoms. The number of nitrogens with zero attached hydrogens (tertiary/aromatic N) is 1. The van der Waals surface area contributed by atoms with Gasteiger partial charge < -0.3 is 25.2 Å². The first-order chi connectivity index (χ1) is 15.3. The standard InChI is InChI=1S/C24H26N2O6/c1-14-10-15(27)12-26(14)23(30)21(11-22(28)29)25-24(31)32-13-20-18-8-4-2-6-16(18)17-7-3-5-9-19(17)20/h2-9,14-15,20-21,27H,10-13H2,1H3,(H,25,31)(H,28,29). The van der Waals surface area contributed by atoms with Crippen LogP contribution in [-0.2, 0) is 14.3 Å². The van der Waals surface area contributed by atoms with Gasteiger partial charge >= 0.3 is 12.1 Å². The Morgan fingerprint density at radius 1 is 1.09 bits per heavy atom. The Hall–Kier alpha value is -3.39. The van der Waals surface area contributed by atoms with Crippen molar-refractivity contribution >= 4 is 18.0 Å². The maximum Gasteiger partial charge on any atom is 0.407 e. The summed E-state index contributed by atoms with van der Waals surface area (Å²) >= 11 is 0. The molecule has 3 N–H and O–H groups in total. The summed E-state index contributed by atoms with van der Waals surface area (Å²) in [7, 11) is 0. The lowest BCUT2D eigenvalue weighted by molar-refractivity contribution is -0.142. The molecule has 1 aliphatic carbocycles. The molecule has 3 unspecified atom stereocenters. The largest absolute Gasteiger partial charge is 0.481 e. The van der Waals surface area contributed by atoms with E-state index in [0.29, 0.717) is 6.42 Å². The first-order valence-electron chi connectivity index (χ1n) is 10.7. The number of hydrogen-bond donors (Lipinski definition) is 3. The van der Waals surface area contributed by atoms with E-state index >= 15 is 0 Å². The van der Waals surface area contributed by atoms with Gasteiger partial charge in [0, 0.05) is 18.5 Å². The number of carboxylic acid groups (broad SMARTS) is 1. The van der Waals surface area contributed by atoms with E-state index in [1.807, 2.05) is 48.5 Å². The van der Waals surface area contributed by atoms with Gasteiger partial charge in [-0.25, -0.2) is 4.79 Å². The van der Waals surface area contributed by atoms with E-state index in [-0.39, 0.29) is 25.1 Å². The predicted octanol–water partition coefficient (Wildman–Crippen LogP) is 2.35. The van der Waals surface area contributed by atoms with Crippen LogP contribution in [0.15, 0.2) is 48.5 Å². The van der Waals surface area contributed by atoms with Crippen LogP contribution in [0.3, 0.4) is 0 Å². The number of aliphatic hydroxyl groups excluding tert-OH is 1. The Bertz CT molecular complexity index is 993. The number of benzene rings is 2. The summed E-state index contributed by atoms with van der Waals surface area (Å²) in [6, 6.07) is 14.3. The van der Waals surface area contributed by atoms with Crippen LogP contribution in [0, 0.1) is 0 Å². The highest BCUT2D eigenvalue weighted by molar-refractivity contribution is 5.89. The van der Waals surface area contributed by atoms with Crippen molar-refractivity contribution < 1.29 is 29.3 Å². The molecule has 0 aromatic heterocycles. The molecule has 8 nitrogen and oxygen atoms in total. The lowest BCUT2D eigenvalue weighted by atomic mass is 9.98. The molecular weight excluding hydrogens is 412 g/mol. The van der Waals surface area contributed by atoms with Crippen molar-refractivity contribution in [2.75, 3.05) is 13.2 Å². The number of fused-ring (bicyclic) bond motifs is 3. The summed E-state index contributed by atoms with van der Waals surface area (Å²) in [4.78, 5) is 38.1. The molecule has 0 spiro atoms. The fourth-order valence-corrected chi connectivity index (χ4v) is 4.67. The van der Waals surface area contributed by atoms with Crippen molar-refractivity contribution in [3.63, 3.8) is 0 Å². The first kappa shape index (κ1) is 21.8. The first-order valence-corrected chi connectivity index (χ1v) is 10.7. The van der Waals surface area contributed by atoms with Gasteiger partial charge in [-0.3, -0.25) is 9.59 Å². The number of aliphatic hydroxyl groups is 1. The predicted molar refractivity (Wildman–Crippen MR) is 116 cm³/mol. The average molecular weight is 438 g/mol. The molecule has 0 radical (unpaired) electrons. The second-order valence-electron chi connectivity index (χ2n) is 8.35. The number of β-amino-alcohol motifs (C(OH)–C–C–N with tert-alkyl or cyclic N) is 1. The molecule has 8 heteroatoms. The van der Waals surface area contributed by atoms with Crippen LogP contribution in [0.25, 0.3) is 11.1 Å². The van der Waals surface area contributed by atoms with Crippen molar-refractivity contribution in [2.24, 2.45) is 0 Å². The zero-order chi connectivity index (χ0) is 22.8. The number of carboxylic acids is 1. The van der Waals surface area contributed by atoms with Gasteiger partial charge in [-0.15, -0.1) is 0 Å². The molecule has 2 aromatic rings. The second-order valence-corrected chi connectivity index (χ2v) is 8.35. The van der Waals surface area contributed by atoms with Gasteiger partial charge in [0.25, 0.3) is 0 Å². The summed E-state index contributed by atoms with van der Waals surface area (Å²) in [6.45, 7) is 1.95. The number of ether oxygens (including phenoxy) is 1. The third-order valence-corrected chi connectivity index (χ3v) is 6.15. The van der Waals surface area contributed by atoms with E-state index in [9.17, 15) is 24.6 Å². The molecule has 0 saturated carbocycles. The molecule has 2 aromatic carbocycles. The zero-order valence-corrected chi connectivity index (χ0v) is 17.7. The molecule has 1 saturated heterocycles. The van der Waals surface area contributed by atoms with E-state index in [4.69, 9.17) is 4.74 Å². The maximum atomic E-state index is 12.8. The Kier molecular flexibility index (Phi) is 6.14. The summed E-state index contributed by atoms with van der Waals surface area (Å²) in [6.07, 6.45) is -1.66. The molecule has 3 atom stereocenters. The molecular formula is C24H26N2O6. The zero-order valence-electron chi connectivity index (χ0n) is 17.7. The van der Waals surface area contributed by atoms with Gasteiger partial charge in [0.05, 0.1) is 12.5 Å². The fraction of sp³-hybridized carbons (Fsp3) is 0.375. The van der Waals surface area contributed by atoms with Crippen LogP contribution in [0.1, 0.15) is 36.8 Å². The van der Waals surface area contributed by atoms with Gasteiger partial charge in [-0.1, -0.05) is 48.5 Å². The van der Waals surface area contributed by atoms with Crippen molar-refractivity contribution in [3.8, 4) is 11.1 Å². The lowest BCUT2D eigenvalue weighted by Crippen LogP contribution is -2.50. The highest BCUT2D eigenvalue weighted by Gasteiger charge is 2.37. The molecule has 1 heterocycles. The number of nitrogens with one attached hydrogen (secondary N) is 1. The third-order valence-electron chi connectivity index (χ3n) is 6.15. The van der Waals surface area contributed by atoms with Crippen LogP contribution in [0.2, 0.25) is 0 Å². The van der Waals surface area contributed by atoms with Crippen LogP contribution >= 0.6 is 0 Å². The number of amides is 2. The minimum Gasteiger partial charge on any atom is -0.481 e. The van der Waals surface area contributed by atoms with Crippen molar-refractivity contribution in [2.45, 2.75) is 43.9 Å². The van der Waals surface area contributed by atoms with Crippen molar-refractivity contribution in [1.29, 1.82) is 0 Å². The van der Waals surface area contributed by atoms with E-state index in [0.717, 1.165) is 22.3 Å². The van der Waals surface area contributed by atoms with Crippen molar-refractivity contribution in [1.82, 2.24) is 10.2 Å². The molecule has 1 aliphatic heterocycles. The van der Waals surface area contributed by atoms with Gasteiger partial charge in [-0.05, 0) is 35.6 Å². The third kappa shape index (κ3) is 4.31. The quantitative estimate of drug-likeness (QED) is 0.638. The van der Waals surface area contributed by atoms with Crippen LogP contribution < -0.4 is 5.32 Å². The SMILES string of the molecule is CC1CC(O)CN1C(=O)C(CC(=O)O)NC(=O)OCC1c2ccccc2-c2ccccc21. The smallest absolute Gasteiger partial charge is 0.407 e. The maximum absolute atomic E-state index is 12.8. The number of likely N-dealkylation sites (tertiary alicyclic amines) is 1. The topological polar surface area (TPSA) is 116 Å². The number of rotatable bonds is 6. The molecule has 168 valence electrons. The van der Waals surface area contributed by atoms with Crippen molar-refractivity contribution in [3.05, 3.63) is 59.7 Å². The highest BCUT2D eigenvalue weighted by Crippen LogP contribution is 2.44. The number of carbonyl (C=O) groups excluding carboxylic acids is 2. The normalized spacial score (nSPS) is 20.4. The second kappa shape index (κ2) is 9.00. The summed E-state index contributed by atoms with van der Waals surface area (Å²) < 4.78 is 5.45. The molecule has 1 fully saturated rings. The number of alkyl carbamates (subject to hydrolysis) is 1. The van der Waals surface area contributed by atoms with Gasteiger partial charge in [0.2, 0.25) is 5.91 Å². The Morgan fingerprint density at radius 3 is 2.22 bits per heavy atom. The minimum atomic E-state index is -1.27. The molecule has 2 aliphatic rings. The number of carbonyl (C=O) groups is 3. The van der Waals surface area contributed by atoms with Crippen LogP contribution in [-0.4, -0.2) is 64.4 Å². The molecule has 0 bridgehead atoms. The van der Waals surface area contributed by atoms with E-state index < -0.39 is 36.5 Å². The summed E-state index contributed by atoms with van der Waals surface area (Å²) in [5.74, 6) is -1.89. The number of hydrogen-bond acceptors (Lipinski definition) is 5. The highest BCUT2D eigenvalue weighted by atomic mass is 16.5. The van der Waals surface area contributed by atoms with Crippen LogP contribution in [0.4, 0.5) is 4.79 Å². The van der Waals surface area contributed by atoms with Gasteiger partial charge in [0.1, 0.15) is 12.6 Å². The summed E-state index contributed by atoms with van der Waals surface area (Å²) in [5, 5.41) is 21.4. The Balaban J connectivity index is 1.44. The monoisotopic (exact) mass is 438 g/mol. The minimum absolute atomic E-state index is 0.0622. The van der Waals surface area contributed by atoms with Crippen LogP contribution in [0.5, 0.6) is 0 Å². The van der Waals surface area contributed by atoms with E-state index in [1.165, 1.54) is 4.90 Å². The number of aliphatic carboxylic acids is 1. The average Bonchev–Trinajstić information content (AvgIpc) is 3.27.